The predicted molar refractivity (Wildman–Crippen MR) is 48.6 cm³/mol. The first kappa shape index (κ1) is 10.6. The van der Waals surface area contributed by atoms with Gasteiger partial charge in [0.1, 0.15) is 21.5 Å². The summed E-state index contributed by atoms with van der Waals surface area (Å²) in [6.45, 7) is 0. The molecule has 0 radical (unpaired) electrons. The summed E-state index contributed by atoms with van der Waals surface area (Å²) in [5.74, 6) is 0. The van der Waals surface area contributed by atoms with E-state index in [0.717, 1.165) is 0 Å². The summed E-state index contributed by atoms with van der Waals surface area (Å²) in [5, 5.41) is 8.45. The van der Waals surface area contributed by atoms with Crippen LogP contribution < -0.4 is 5.73 Å². The van der Waals surface area contributed by atoms with Crippen LogP contribution in [0.25, 0.3) is 0 Å². The Hall–Kier alpha value is -1.43. The SMILES string of the molecule is N#Cc1c(N)sc(C=O)c1S(=O)(=O)O. The van der Waals surface area contributed by atoms with Gasteiger partial charge in [0.05, 0.1) is 4.88 Å². The van der Waals surface area contributed by atoms with Crippen molar-refractivity contribution >= 4 is 32.7 Å². The molecule has 0 spiro atoms. The number of thiophene rings is 1. The molecule has 14 heavy (non-hydrogen) atoms. The number of carbonyl (C=O) groups excluding carboxylic acids is 1. The molecule has 1 rings (SSSR count). The van der Waals surface area contributed by atoms with Gasteiger partial charge in [0.25, 0.3) is 10.1 Å². The van der Waals surface area contributed by atoms with E-state index < -0.39 is 15.0 Å². The summed E-state index contributed by atoms with van der Waals surface area (Å²) in [4.78, 5) is 9.44. The Morgan fingerprint density at radius 2 is 2.14 bits per heavy atom. The average molecular weight is 232 g/mol. The molecule has 0 bridgehead atoms. The molecule has 0 aliphatic heterocycles. The molecular weight excluding hydrogens is 228 g/mol. The smallest absolute Gasteiger partial charge is 0.297 e. The molecule has 6 nitrogen and oxygen atoms in total. The second-order valence-electron chi connectivity index (χ2n) is 2.24. The zero-order valence-corrected chi connectivity index (χ0v) is 8.22. The Labute approximate surface area is 83.3 Å². The van der Waals surface area contributed by atoms with E-state index in [4.69, 9.17) is 15.5 Å². The van der Waals surface area contributed by atoms with E-state index in [1.165, 1.54) is 6.07 Å². The van der Waals surface area contributed by atoms with E-state index in [0.29, 0.717) is 11.3 Å². The summed E-state index contributed by atoms with van der Waals surface area (Å²) in [6.07, 6.45) is 0.227. The Balaban J connectivity index is 3.71. The van der Waals surface area contributed by atoms with Crippen LogP contribution in [0.15, 0.2) is 4.90 Å². The Morgan fingerprint density at radius 1 is 1.57 bits per heavy atom. The molecule has 0 saturated heterocycles. The molecule has 0 aromatic carbocycles. The highest BCUT2D eigenvalue weighted by molar-refractivity contribution is 7.86. The lowest BCUT2D eigenvalue weighted by molar-refractivity contribution is 0.112. The summed E-state index contributed by atoms with van der Waals surface area (Å²) >= 11 is 0.640. The highest BCUT2D eigenvalue weighted by Crippen LogP contribution is 2.32. The average Bonchev–Trinajstić information content (AvgIpc) is 2.40. The Bertz CT molecular complexity index is 523. The van der Waals surface area contributed by atoms with Crippen LogP contribution >= 0.6 is 11.3 Å². The van der Waals surface area contributed by atoms with Crippen molar-refractivity contribution < 1.29 is 17.8 Å². The molecule has 1 heterocycles. The van der Waals surface area contributed by atoms with Gasteiger partial charge in [-0.3, -0.25) is 9.35 Å². The number of hydrogen-bond donors (Lipinski definition) is 2. The molecule has 0 atom stereocenters. The molecule has 0 aliphatic rings. The van der Waals surface area contributed by atoms with Gasteiger partial charge in [-0.25, -0.2) is 0 Å². The molecule has 0 amide bonds. The molecule has 8 heteroatoms. The van der Waals surface area contributed by atoms with Gasteiger partial charge in [0.15, 0.2) is 6.29 Å². The largest absolute Gasteiger partial charge is 0.389 e. The van der Waals surface area contributed by atoms with Crippen LogP contribution in [0.3, 0.4) is 0 Å². The van der Waals surface area contributed by atoms with Gasteiger partial charge in [-0.2, -0.15) is 13.7 Å². The monoisotopic (exact) mass is 232 g/mol. The van der Waals surface area contributed by atoms with Crippen LogP contribution in [-0.2, 0) is 10.1 Å². The highest BCUT2D eigenvalue weighted by atomic mass is 32.2. The summed E-state index contributed by atoms with van der Waals surface area (Å²) in [7, 11) is -4.59. The number of nitriles is 1. The van der Waals surface area contributed by atoms with Gasteiger partial charge in [-0.05, 0) is 0 Å². The van der Waals surface area contributed by atoms with Crippen LogP contribution in [0.2, 0.25) is 0 Å². The number of carbonyl (C=O) groups is 1. The maximum Gasteiger partial charge on any atom is 0.297 e. The third kappa shape index (κ3) is 1.60. The number of hydrogen-bond acceptors (Lipinski definition) is 6. The molecule has 0 unspecified atom stereocenters. The summed E-state index contributed by atoms with van der Waals surface area (Å²) in [5.41, 5.74) is 4.90. The third-order valence-electron chi connectivity index (χ3n) is 1.39. The second kappa shape index (κ2) is 3.38. The normalized spacial score (nSPS) is 10.9. The van der Waals surface area contributed by atoms with Crippen molar-refractivity contribution in [3.05, 3.63) is 10.4 Å². The minimum atomic E-state index is -4.59. The van der Waals surface area contributed by atoms with Crippen molar-refractivity contribution in [3.63, 3.8) is 0 Å². The van der Waals surface area contributed by atoms with Gasteiger partial charge >= 0.3 is 0 Å². The van der Waals surface area contributed by atoms with Crippen LogP contribution in [0, 0.1) is 11.3 Å². The first-order chi connectivity index (χ1) is 6.41. The zero-order chi connectivity index (χ0) is 10.9. The van der Waals surface area contributed by atoms with Gasteiger partial charge in [-0.1, -0.05) is 0 Å². The van der Waals surface area contributed by atoms with Gasteiger partial charge < -0.3 is 5.73 Å². The van der Waals surface area contributed by atoms with Crippen molar-refractivity contribution in [1.29, 1.82) is 5.26 Å². The number of rotatable bonds is 2. The zero-order valence-electron chi connectivity index (χ0n) is 6.59. The van der Waals surface area contributed by atoms with E-state index >= 15 is 0 Å². The standard InChI is InChI=1S/C6H4N2O4S2/c7-1-3-5(14(10,11)12)4(2-9)13-6(3)8/h2H,8H2,(H,10,11,12). The van der Waals surface area contributed by atoms with Gasteiger partial charge in [-0.15, -0.1) is 11.3 Å². The number of nitrogen functional groups attached to an aromatic ring is 1. The van der Waals surface area contributed by atoms with E-state index in [2.05, 4.69) is 0 Å². The second-order valence-corrected chi connectivity index (χ2v) is 4.68. The van der Waals surface area contributed by atoms with Crippen molar-refractivity contribution in [2.45, 2.75) is 4.90 Å². The molecule has 3 N–H and O–H groups in total. The lowest BCUT2D eigenvalue weighted by atomic mass is 10.3. The maximum absolute atomic E-state index is 10.8. The van der Waals surface area contributed by atoms with E-state index in [-0.39, 0.29) is 21.7 Å². The molecule has 1 aromatic rings. The van der Waals surface area contributed by atoms with Crippen LogP contribution in [0.5, 0.6) is 0 Å². The van der Waals surface area contributed by atoms with Crippen LogP contribution in [-0.4, -0.2) is 19.3 Å². The number of anilines is 1. The maximum atomic E-state index is 10.8. The van der Waals surface area contributed by atoms with Crippen molar-refractivity contribution in [3.8, 4) is 6.07 Å². The fourth-order valence-corrected chi connectivity index (χ4v) is 2.84. The minimum Gasteiger partial charge on any atom is -0.389 e. The summed E-state index contributed by atoms with van der Waals surface area (Å²) < 4.78 is 30.3. The molecule has 0 aliphatic carbocycles. The minimum absolute atomic E-state index is 0.109. The van der Waals surface area contributed by atoms with E-state index in [1.807, 2.05) is 0 Å². The van der Waals surface area contributed by atoms with Crippen molar-refractivity contribution in [2.75, 3.05) is 5.73 Å². The number of nitrogens with zero attached hydrogens (tertiary/aromatic N) is 1. The predicted octanol–water partition coefficient (Wildman–Crippen LogP) is 0.261. The molecule has 74 valence electrons. The molecule has 0 fully saturated rings. The van der Waals surface area contributed by atoms with Crippen LogP contribution in [0.1, 0.15) is 15.2 Å². The van der Waals surface area contributed by atoms with Gasteiger partial charge in [0.2, 0.25) is 0 Å². The highest BCUT2D eigenvalue weighted by Gasteiger charge is 2.25. The van der Waals surface area contributed by atoms with Gasteiger partial charge in [0, 0.05) is 0 Å². The number of nitrogens with two attached hydrogens (primary N) is 1. The topological polar surface area (TPSA) is 121 Å². The Morgan fingerprint density at radius 3 is 2.50 bits per heavy atom. The first-order valence-corrected chi connectivity index (χ1v) is 5.42. The van der Waals surface area contributed by atoms with Crippen LogP contribution in [0.4, 0.5) is 5.00 Å². The quantitative estimate of drug-likeness (QED) is 0.557. The van der Waals surface area contributed by atoms with E-state index in [9.17, 15) is 13.2 Å². The Kier molecular flexibility index (Phi) is 2.57. The first-order valence-electron chi connectivity index (χ1n) is 3.16. The van der Waals surface area contributed by atoms with Crippen molar-refractivity contribution in [1.82, 2.24) is 0 Å². The molecule has 0 saturated carbocycles. The molecular formula is C6H4N2O4S2. The fourth-order valence-electron chi connectivity index (χ4n) is 0.890. The lowest BCUT2D eigenvalue weighted by Gasteiger charge is -1.93. The van der Waals surface area contributed by atoms with E-state index in [1.54, 1.807) is 0 Å². The summed E-state index contributed by atoms with van der Waals surface area (Å²) in [6, 6.07) is 1.51. The third-order valence-corrected chi connectivity index (χ3v) is 3.41. The molecule has 1 aromatic heterocycles. The lowest BCUT2D eigenvalue weighted by Crippen LogP contribution is -2.02. The van der Waals surface area contributed by atoms with Crippen molar-refractivity contribution in [2.24, 2.45) is 0 Å². The fraction of sp³-hybridized carbons (Fsp3) is 0. The number of aldehydes is 1.